The van der Waals surface area contributed by atoms with Crippen LogP contribution in [0.3, 0.4) is 0 Å². The zero-order chi connectivity index (χ0) is 28.2. The number of benzene rings is 2. The predicted octanol–water partition coefficient (Wildman–Crippen LogP) is 3.84. The van der Waals surface area contributed by atoms with E-state index in [-0.39, 0.29) is 18.1 Å². The molecule has 0 amide bonds. The van der Waals surface area contributed by atoms with Gasteiger partial charge >= 0.3 is 0 Å². The molecule has 8 nitrogen and oxygen atoms in total. The lowest BCUT2D eigenvalue weighted by molar-refractivity contribution is -0.0752. The summed E-state index contributed by atoms with van der Waals surface area (Å²) in [6.07, 6.45) is 0.297. The molecule has 0 bridgehead atoms. The Morgan fingerprint density at radius 2 is 1.77 bits per heavy atom. The number of aliphatic hydroxyl groups excluding tert-OH is 1. The van der Waals surface area contributed by atoms with Crippen LogP contribution in [0.5, 0.6) is 5.75 Å². The Hall–Kier alpha value is -1.85. The highest BCUT2D eigenvalue weighted by Gasteiger charge is 2.36. The normalized spacial score (nSPS) is 21.6. The van der Waals surface area contributed by atoms with Gasteiger partial charge < -0.3 is 39.0 Å². The summed E-state index contributed by atoms with van der Waals surface area (Å²) in [5, 5.41) is 13.4. The van der Waals surface area contributed by atoms with Gasteiger partial charge in [0.25, 0.3) is 0 Å². The van der Waals surface area contributed by atoms with Crippen molar-refractivity contribution in [3.05, 3.63) is 59.2 Å². The highest BCUT2D eigenvalue weighted by atomic mass is 32.2. The van der Waals surface area contributed by atoms with E-state index >= 15 is 0 Å². The highest BCUT2D eigenvalue weighted by Crippen LogP contribution is 2.35. The maximum atomic E-state index is 9.89. The minimum Gasteiger partial charge on any atom is -0.490 e. The minimum atomic E-state index is -0.516. The summed E-state index contributed by atoms with van der Waals surface area (Å²) in [4.78, 5) is 2.38. The first kappa shape index (κ1) is 31.1. The smallest absolute Gasteiger partial charge is 0.142 e. The molecule has 2 aromatic carbocycles. The fraction of sp³-hybridized carbons (Fsp3) is 0.613. The lowest BCUT2D eigenvalue weighted by Gasteiger charge is -2.39. The van der Waals surface area contributed by atoms with Crippen molar-refractivity contribution in [1.29, 1.82) is 0 Å². The zero-order valence-electron chi connectivity index (χ0n) is 24.2. The number of hydrogen-bond donors (Lipinski definition) is 2. The van der Waals surface area contributed by atoms with E-state index in [1.807, 2.05) is 11.8 Å². The number of fused-ring (bicyclic) bond motifs is 1. The number of nitrogens with one attached hydrogen (secondary N) is 1. The van der Waals surface area contributed by atoms with Crippen molar-refractivity contribution in [3.8, 4) is 5.75 Å². The molecule has 2 aliphatic heterocycles. The Morgan fingerprint density at radius 1 is 1.02 bits per heavy atom. The third-order valence-electron chi connectivity index (χ3n) is 7.33. The summed E-state index contributed by atoms with van der Waals surface area (Å²) < 4.78 is 29.2. The van der Waals surface area contributed by atoms with Gasteiger partial charge in [-0.05, 0) is 42.2 Å². The van der Waals surface area contributed by atoms with Crippen molar-refractivity contribution in [2.45, 2.75) is 49.9 Å². The van der Waals surface area contributed by atoms with Gasteiger partial charge in [0.1, 0.15) is 12.4 Å². The molecule has 9 heteroatoms. The number of hydrogen-bond acceptors (Lipinski definition) is 9. The predicted molar refractivity (Wildman–Crippen MR) is 161 cm³/mol. The Bertz CT molecular complexity index is 1010. The fourth-order valence-corrected chi connectivity index (χ4v) is 6.15. The van der Waals surface area contributed by atoms with Crippen LogP contribution < -0.4 is 15.0 Å². The maximum absolute atomic E-state index is 9.89. The summed E-state index contributed by atoms with van der Waals surface area (Å²) in [6, 6.07) is 15.2. The summed E-state index contributed by atoms with van der Waals surface area (Å²) >= 11 is 1.87. The molecule has 40 heavy (non-hydrogen) atoms. The topological polar surface area (TPSA) is 81.7 Å². The molecule has 2 aliphatic rings. The van der Waals surface area contributed by atoms with Crippen molar-refractivity contribution >= 4 is 17.4 Å². The van der Waals surface area contributed by atoms with E-state index in [0.29, 0.717) is 19.8 Å². The van der Waals surface area contributed by atoms with Crippen molar-refractivity contribution in [3.63, 3.8) is 0 Å². The van der Waals surface area contributed by atoms with Crippen LogP contribution >= 0.6 is 11.8 Å². The lowest BCUT2D eigenvalue weighted by Crippen LogP contribution is -2.51. The highest BCUT2D eigenvalue weighted by molar-refractivity contribution is 7.98. The molecule has 2 heterocycles. The van der Waals surface area contributed by atoms with Crippen LogP contribution in [-0.4, -0.2) is 96.0 Å². The molecule has 4 atom stereocenters. The quantitative estimate of drug-likeness (QED) is 0.291. The Morgan fingerprint density at radius 3 is 2.52 bits per heavy atom. The first-order valence-electron chi connectivity index (χ1n) is 14.4. The van der Waals surface area contributed by atoms with Crippen LogP contribution in [0, 0.1) is 0 Å². The SMILES string of the molecule is COCCCN1CCOc2ccc(CO[C@H]3CNC[C@@H](OCC(C)O)[C@@H]3c3ccc(CSCCOC)cc3)cc21. The van der Waals surface area contributed by atoms with E-state index in [1.54, 1.807) is 21.1 Å². The second-order valence-corrected chi connectivity index (χ2v) is 11.6. The third-order valence-corrected chi connectivity index (χ3v) is 8.32. The third kappa shape index (κ3) is 9.08. The molecule has 1 unspecified atom stereocenters. The average Bonchev–Trinajstić information content (AvgIpc) is 2.98. The second-order valence-electron chi connectivity index (χ2n) is 10.5. The van der Waals surface area contributed by atoms with Gasteiger partial charge in [0.15, 0.2) is 0 Å². The lowest BCUT2D eigenvalue weighted by atomic mass is 9.85. The summed E-state index contributed by atoms with van der Waals surface area (Å²) in [5.41, 5.74) is 4.74. The second kappa shape index (κ2) is 16.6. The van der Waals surface area contributed by atoms with Gasteiger partial charge in [-0.1, -0.05) is 30.3 Å². The van der Waals surface area contributed by atoms with Crippen LogP contribution in [0.25, 0.3) is 0 Å². The minimum absolute atomic E-state index is 0.0571. The molecular weight excluding hydrogens is 528 g/mol. The summed E-state index contributed by atoms with van der Waals surface area (Å²) in [6.45, 7) is 8.04. The maximum Gasteiger partial charge on any atom is 0.142 e. The van der Waals surface area contributed by atoms with E-state index in [9.17, 15) is 5.11 Å². The number of piperidine rings is 1. The van der Waals surface area contributed by atoms with Crippen LogP contribution in [0.1, 0.15) is 36.0 Å². The van der Waals surface area contributed by atoms with Crippen LogP contribution in [0.4, 0.5) is 5.69 Å². The summed E-state index contributed by atoms with van der Waals surface area (Å²) in [7, 11) is 3.48. The Balaban J connectivity index is 1.45. The molecule has 0 radical (unpaired) electrons. The van der Waals surface area contributed by atoms with Crippen LogP contribution in [-0.2, 0) is 31.3 Å². The first-order valence-corrected chi connectivity index (χ1v) is 15.5. The molecule has 0 spiro atoms. The zero-order valence-corrected chi connectivity index (χ0v) is 25.0. The fourth-order valence-electron chi connectivity index (χ4n) is 5.29. The van der Waals surface area contributed by atoms with Gasteiger partial charge in [0.2, 0.25) is 0 Å². The number of anilines is 1. The largest absolute Gasteiger partial charge is 0.490 e. The van der Waals surface area contributed by atoms with Crippen LogP contribution in [0.15, 0.2) is 42.5 Å². The van der Waals surface area contributed by atoms with E-state index in [2.05, 4.69) is 52.7 Å². The molecule has 1 saturated heterocycles. The summed E-state index contributed by atoms with van der Waals surface area (Å²) in [5.74, 6) is 2.93. The standard InChI is InChI=1S/C31H46N2O6S/c1-23(34)20-38-29-18-32-19-30(31(29)26-8-5-24(6-9-26)22-40-16-15-36-3)39-21-25-7-10-28-27(17-25)33(12-14-37-28)11-4-13-35-2/h5-10,17,23,29-32,34H,4,11-16,18-22H2,1-3H3/t23?,29-,30+,31+/m1/s1. The van der Waals surface area contributed by atoms with Crippen molar-refractivity contribution in [2.75, 3.05) is 77.5 Å². The van der Waals surface area contributed by atoms with E-state index in [1.165, 1.54) is 11.1 Å². The molecule has 4 rings (SSSR count). The van der Waals surface area contributed by atoms with Crippen molar-refractivity contribution in [2.24, 2.45) is 0 Å². The van der Waals surface area contributed by atoms with E-state index in [4.69, 9.17) is 23.7 Å². The molecule has 2 aromatic rings. The van der Waals surface area contributed by atoms with Crippen LogP contribution in [0.2, 0.25) is 0 Å². The van der Waals surface area contributed by atoms with Gasteiger partial charge in [-0.15, -0.1) is 0 Å². The average molecular weight is 575 g/mol. The molecule has 0 saturated carbocycles. The number of nitrogens with zero attached hydrogens (tertiary/aromatic N) is 1. The molecule has 0 aliphatic carbocycles. The van der Waals surface area contributed by atoms with E-state index in [0.717, 1.165) is 74.3 Å². The van der Waals surface area contributed by atoms with Crippen molar-refractivity contribution < 1.29 is 28.8 Å². The van der Waals surface area contributed by atoms with Gasteiger partial charge in [-0.2, -0.15) is 11.8 Å². The number of methoxy groups -OCH3 is 2. The van der Waals surface area contributed by atoms with E-state index < -0.39 is 6.10 Å². The Labute approximate surface area is 243 Å². The number of thioether (sulfide) groups is 1. The molecule has 2 N–H and O–H groups in total. The van der Waals surface area contributed by atoms with Gasteiger partial charge in [-0.3, -0.25) is 0 Å². The molecular formula is C31H46N2O6S. The molecule has 0 aromatic heterocycles. The monoisotopic (exact) mass is 574 g/mol. The number of ether oxygens (including phenoxy) is 5. The van der Waals surface area contributed by atoms with Gasteiger partial charge in [0.05, 0.1) is 50.4 Å². The first-order chi connectivity index (χ1) is 19.6. The van der Waals surface area contributed by atoms with Gasteiger partial charge in [0, 0.05) is 57.9 Å². The molecule has 222 valence electrons. The number of aliphatic hydroxyl groups is 1. The van der Waals surface area contributed by atoms with Crippen molar-refractivity contribution in [1.82, 2.24) is 5.32 Å². The Kier molecular flexibility index (Phi) is 12.9. The molecule has 1 fully saturated rings. The number of rotatable bonds is 16. The van der Waals surface area contributed by atoms with Gasteiger partial charge in [-0.25, -0.2) is 0 Å².